The number of ether oxygens (including phenoxy) is 4. The average molecular weight is 995 g/mol. The summed E-state index contributed by atoms with van der Waals surface area (Å²) in [5.41, 5.74) is -1.55. The fourth-order valence-corrected chi connectivity index (χ4v) is 6.42. The molecule has 0 aliphatic heterocycles. The van der Waals surface area contributed by atoms with Gasteiger partial charge < -0.3 is 29.2 Å². The van der Waals surface area contributed by atoms with Crippen molar-refractivity contribution in [2.24, 2.45) is 0 Å². The molecule has 0 aliphatic rings. The normalized spacial score (nSPS) is 12.3. The average Bonchev–Trinajstić information content (AvgIpc) is 3.32. The highest BCUT2D eigenvalue weighted by Gasteiger charge is 2.45. The number of halogens is 6. The molecular weight excluding hydrogens is 955 g/mol. The van der Waals surface area contributed by atoms with E-state index in [1.165, 1.54) is 103 Å². The predicted octanol–water partition coefficient (Wildman–Crippen LogP) is 10.1. The number of non-ortho nitro benzene ring substituents is 1. The Hall–Kier alpha value is -8.24. The first-order chi connectivity index (χ1) is 33.5. The smallest absolute Gasteiger partial charge is 0.389 e. The van der Waals surface area contributed by atoms with Crippen LogP contribution in [-0.4, -0.2) is 74.9 Å². The maximum Gasteiger partial charge on any atom is 0.389 e. The van der Waals surface area contributed by atoms with Crippen molar-refractivity contribution in [1.82, 2.24) is 0 Å². The van der Waals surface area contributed by atoms with Gasteiger partial charge in [-0.25, -0.2) is 9.59 Å². The second kappa shape index (κ2) is 23.9. The van der Waals surface area contributed by atoms with Gasteiger partial charge in [0, 0.05) is 30.9 Å². The molecule has 0 fully saturated rings. The molecule has 0 radical (unpaired) electrons. The molecule has 0 saturated heterocycles. The lowest BCUT2D eigenvalue weighted by Gasteiger charge is -2.28. The van der Waals surface area contributed by atoms with Gasteiger partial charge in [-0.2, -0.15) is 26.3 Å². The van der Waals surface area contributed by atoms with Crippen LogP contribution < -0.4 is 18.9 Å². The third kappa shape index (κ3) is 16.7. The van der Waals surface area contributed by atoms with E-state index in [9.17, 15) is 76.0 Å². The first-order valence-corrected chi connectivity index (χ1v) is 21.0. The fourth-order valence-electron chi connectivity index (χ4n) is 6.42. The van der Waals surface area contributed by atoms with E-state index in [1.807, 2.05) is 0 Å². The highest BCUT2D eigenvalue weighted by atomic mass is 19.4. The Morgan fingerprint density at radius 1 is 0.577 bits per heavy atom. The Bertz CT molecular complexity index is 2760. The molecule has 0 amide bonds. The minimum Gasteiger partial charge on any atom is -0.494 e. The van der Waals surface area contributed by atoms with Crippen molar-refractivity contribution < 1.29 is 84.5 Å². The predicted molar refractivity (Wildman–Crippen MR) is 240 cm³/mol. The lowest BCUT2D eigenvalue weighted by atomic mass is 9.82. The number of hydrogen-bond donors (Lipinski definition) is 2. The lowest BCUT2D eigenvalue weighted by Crippen LogP contribution is -2.44. The maximum absolute atomic E-state index is 13.5. The highest BCUT2D eigenvalue weighted by molar-refractivity contribution is 6.01. The van der Waals surface area contributed by atoms with Crippen molar-refractivity contribution >= 4 is 47.0 Å². The molecular formula is C49H40F6N2O14. The number of carbonyl (C=O) groups excluding carboxylic acids is 4. The van der Waals surface area contributed by atoms with Crippen LogP contribution in [0.15, 0.2) is 127 Å². The summed E-state index contributed by atoms with van der Waals surface area (Å²) in [6.07, 6.45) is -8.03. The van der Waals surface area contributed by atoms with Crippen molar-refractivity contribution in [2.45, 2.75) is 56.2 Å². The van der Waals surface area contributed by atoms with Gasteiger partial charge in [0.25, 0.3) is 11.4 Å². The third-order valence-electron chi connectivity index (χ3n) is 10.0. The first kappa shape index (κ1) is 53.7. The summed E-state index contributed by atoms with van der Waals surface area (Å²) in [4.78, 5) is 73.8. The summed E-state index contributed by atoms with van der Waals surface area (Å²) in [5.74, 6) is -8.94. The Morgan fingerprint density at radius 2 is 1.00 bits per heavy atom. The number of esters is 2. The zero-order valence-corrected chi connectivity index (χ0v) is 36.8. The van der Waals surface area contributed by atoms with Crippen LogP contribution in [0, 0.1) is 20.2 Å². The molecule has 372 valence electrons. The van der Waals surface area contributed by atoms with E-state index in [4.69, 9.17) is 18.9 Å². The van der Waals surface area contributed by atoms with Crippen molar-refractivity contribution in [2.75, 3.05) is 13.2 Å². The topological polar surface area (TPSA) is 232 Å². The Balaban J connectivity index is 1.23. The number of rotatable bonds is 23. The fraction of sp³-hybridized carbons (Fsp3) is 0.224. The van der Waals surface area contributed by atoms with Gasteiger partial charge in [-0.1, -0.05) is 36.4 Å². The van der Waals surface area contributed by atoms with Gasteiger partial charge in [-0.15, -0.1) is 0 Å². The summed E-state index contributed by atoms with van der Waals surface area (Å²) in [5, 5.41) is 46.3. The molecule has 1 unspecified atom stereocenters. The van der Waals surface area contributed by atoms with E-state index in [2.05, 4.69) is 0 Å². The van der Waals surface area contributed by atoms with Gasteiger partial charge in [-0.05, 0) is 115 Å². The SMILES string of the molecule is O=C(C=Cc1ccc(OC(=O)c2ccc(OCCCC(F)(F)F)cc2)cc1)CC(c1ccc([N+](=O)[O-])cc1[N+](=O)[O-])C(O)(O)C(=O)C=Cc1ccc(OC(=O)c2ccc(OCCCC(F)(F)F)cc2)cc1. The zero-order valence-electron chi connectivity index (χ0n) is 36.8. The molecule has 16 nitrogen and oxygen atoms in total. The Morgan fingerprint density at radius 3 is 1.41 bits per heavy atom. The lowest BCUT2D eigenvalue weighted by molar-refractivity contribution is -0.394. The second-order valence-corrected chi connectivity index (χ2v) is 15.3. The molecule has 0 heterocycles. The van der Waals surface area contributed by atoms with Crippen LogP contribution >= 0.6 is 0 Å². The monoisotopic (exact) mass is 994 g/mol. The standard InChI is InChI=1S/C49H40F6N2O14/c50-47(51,52)25-1-27-68-37-19-9-33(10-20-37)45(60)70-39-15-4-31(5-16-39)3-14-36(58)30-42(41-23-13-35(56(64)65)29-43(41)57(66)67)49(62,63)44(59)24-8-32-6-17-40(18-7-32)71-46(61)34-11-21-38(22-12-34)69-28-2-26-48(53,54)55/h3-24,29,42,62-63H,1-2,25-28,30H2. The summed E-state index contributed by atoms with van der Waals surface area (Å²) in [7, 11) is 0. The van der Waals surface area contributed by atoms with E-state index in [0.717, 1.165) is 24.3 Å². The summed E-state index contributed by atoms with van der Waals surface area (Å²) in [6.45, 7) is -0.379. The van der Waals surface area contributed by atoms with E-state index >= 15 is 0 Å². The van der Waals surface area contributed by atoms with Crippen LogP contribution in [-0.2, 0) is 9.59 Å². The van der Waals surface area contributed by atoms with Gasteiger partial charge >= 0.3 is 24.3 Å². The number of nitro groups is 2. The quantitative estimate of drug-likeness (QED) is 0.00906. The number of aliphatic hydroxyl groups is 2. The highest BCUT2D eigenvalue weighted by Crippen LogP contribution is 2.39. The van der Waals surface area contributed by atoms with E-state index < -0.39 is 93.6 Å². The molecule has 0 aliphatic carbocycles. The van der Waals surface area contributed by atoms with E-state index in [-0.39, 0.29) is 65.7 Å². The van der Waals surface area contributed by atoms with Crippen LogP contribution in [0.3, 0.4) is 0 Å². The maximum atomic E-state index is 13.5. The summed E-state index contributed by atoms with van der Waals surface area (Å²) in [6, 6.07) is 24.1. The molecule has 0 spiro atoms. The molecule has 0 bridgehead atoms. The minimum atomic E-state index is -4.31. The van der Waals surface area contributed by atoms with Crippen LogP contribution in [0.1, 0.15) is 75.4 Å². The van der Waals surface area contributed by atoms with E-state index in [0.29, 0.717) is 17.7 Å². The van der Waals surface area contributed by atoms with Gasteiger partial charge in [0.15, 0.2) is 5.78 Å². The molecule has 2 N–H and O–H groups in total. The number of benzene rings is 5. The minimum absolute atomic E-state index is 0.0402. The zero-order chi connectivity index (χ0) is 51.9. The number of hydrogen-bond acceptors (Lipinski definition) is 14. The molecule has 71 heavy (non-hydrogen) atoms. The van der Waals surface area contributed by atoms with Crippen molar-refractivity contribution in [1.29, 1.82) is 0 Å². The van der Waals surface area contributed by atoms with Crippen LogP contribution in [0.4, 0.5) is 37.7 Å². The molecule has 0 aromatic heterocycles. The molecule has 1 atom stereocenters. The molecule has 5 aromatic rings. The van der Waals surface area contributed by atoms with Crippen molar-refractivity contribution in [3.05, 3.63) is 175 Å². The van der Waals surface area contributed by atoms with Gasteiger partial charge in [-0.3, -0.25) is 29.8 Å². The van der Waals surface area contributed by atoms with Crippen LogP contribution in [0.25, 0.3) is 12.2 Å². The number of alkyl halides is 6. The van der Waals surface area contributed by atoms with Crippen molar-refractivity contribution in [3.8, 4) is 23.0 Å². The van der Waals surface area contributed by atoms with Crippen LogP contribution in [0.2, 0.25) is 0 Å². The third-order valence-corrected chi connectivity index (χ3v) is 10.0. The number of carbonyl (C=O) groups is 4. The molecule has 5 rings (SSSR count). The molecule has 22 heteroatoms. The van der Waals surface area contributed by atoms with Gasteiger partial charge in [0.05, 0.1) is 46.2 Å². The summed E-state index contributed by atoms with van der Waals surface area (Å²) < 4.78 is 95.3. The largest absolute Gasteiger partial charge is 0.494 e. The summed E-state index contributed by atoms with van der Waals surface area (Å²) >= 11 is 0. The van der Waals surface area contributed by atoms with Crippen LogP contribution in [0.5, 0.6) is 23.0 Å². The van der Waals surface area contributed by atoms with Gasteiger partial charge in [0.2, 0.25) is 11.6 Å². The Kier molecular flexibility index (Phi) is 18.0. The number of nitro benzene ring substituents is 2. The van der Waals surface area contributed by atoms with Gasteiger partial charge in [0.1, 0.15) is 23.0 Å². The number of allylic oxidation sites excluding steroid dienone is 1. The molecule has 5 aromatic carbocycles. The first-order valence-electron chi connectivity index (χ1n) is 21.0. The second-order valence-electron chi connectivity index (χ2n) is 15.3. The number of ketones is 2. The van der Waals surface area contributed by atoms with E-state index in [1.54, 1.807) is 0 Å². The van der Waals surface area contributed by atoms with Crippen molar-refractivity contribution in [3.63, 3.8) is 0 Å². The Labute approximate surface area is 398 Å². The molecule has 0 saturated carbocycles. The number of nitrogens with zero attached hydrogens (tertiary/aromatic N) is 2.